The molecule has 1 fully saturated rings. The van der Waals surface area contributed by atoms with Crippen LogP contribution in [0, 0.1) is 0 Å². The SMILES string of the molecule is C[C@@]1(N(CCN)S(=O)(=O)c2ccc3ccccc3c2)CCS(=O)(=O)C1. The van der Waals surface area contributed by atoms with Crippen LogP contribution in [0.2, 0.25) is 0 Å². The molecule has 0 amide bonds. The number of fused-ring (bicyclic) bond motifs is 1. The number of sulfone groups is 1. The van der Waals surface area contributed by atoms with Crippen LogP contribution >= 0.6 is 0 Å². The van der Waals surface area contributed by atoms with E-state index in [1.807, 2.05) is 24.3 Å². The van der Waals surface area contributed by atoms with Crippen LogP contribution in [-0.4, -0.2) is 51.3 Å². The molecule has 0 unspecified atom stereocenters. The van der Waals surface area contributed by atoms with Crippen molar-refractivity contribution in [1.29, 1.82) is 0 Å². The summed E-state index contributed by atoms with van der Waals surface area (Å²) in [4.78, 5) is 0.158. The maximum absolute atomic E-state index is 13.2. The van der Waals surface area contributed by atoms with E-state index in [1.165, 1.54) is 4.31 Å². The molecular weight excluding hydrogens is 360 g/mol. The normalized spacial score (nSPS) is 23.3. The van der Waals surface area contributed by atoms with Crippen LogP contribution < -0.4 is 5.73 Å². The molecule has 0 bridgehead atoms. The molecule has 1 saturated heterocycles. The van der Waals surface area contributed by atoms with Gasteiger partial charge in [0, 0.05) is 18.6 Å². The molecule has 6 nitrogen and oxygen atoms in total. The van der Waals surface area contributed by atoms with Crippen molar-refractivity contribution in [1.82, 2.24) is 4.31 Å². The minimum absolute atomic E-state index is 0.00217. The monoisotopic (exact) mass is 382 g/mol. The Morgan fingerprint density at radius 1 is 1.16 bits per heavy atom. The highest BCUT2D eigenvalue weighted by Crippen LogP contribution is 2.34. The van der Waals surface area contributed by atoms with E-state index in [1.54, 1.807) is 25.1 Å². The molecule has 0 spiro atoms. The zero-order valence-corrected chi connectivity index (χ0v) is 15.7. The number of nitrogens with two attached hydrogens (primary N) is 1. The fraction of sp³-hybridized carbons (Fsp3) is 0.412. The molecule has 2 aromatic carbocycles. The second-order valence-corrected chi connectivity index (χ2v) is 10.8. The van der Waals surface area contributed by atoms with Gasteiger partial charge in [0.15, 0.2) is 9.84 Å². The second kappa shape index (κ2) is 6.35. The third-order valence-corrected chi connectivity index (χ3v) is 8.67. The number of rotatable bonds is 5. The Bertz CT molecular complexity index is 1000. The molecule has 1 heterocycles. The van der Waals surface area contributed by atoms with Crippen molar-refractivity contribution in [2.75, 3.05) is 24.6 Å². The predicted octanol–water partition coefficient (Wildman–Crippen LogP) is 1.37. The summed E-state index contributed by atoms with van der Waals surface area (Å²) in [7, 11) is -7.10. The molecule has 1 atom stereocenters. The molecule has 2 N–H and O–H groups in total. The zero-order chi connectivity index (χ0) is 18.3. The molecule has 1 aliphatic rings. The van der Waals surface area contributed by atoms with Gasteiger partial charge in [-0.25, -0.2) is 16.8 Å². The summed E-state index contributed by atoms with van der Waals surface area (Å²) >= 11 is 0. The van der Waals surface area contributed by atoms with Crippen LogP contribution in [0.15, 0.2) is 47.4 Å². The van der Waals surface area contributed by atoms with Crippen LogP contribution in [0.5, 0.6) is 0 Å². The second-order valence-electron chi connectivity index (χ2n) is 6.71. The minimum Gasteiger partial charge on any atom is -0.329 e. The van der Waals surface area contributed by atoms with E-state index >= 15 is 0 Å². The minimum atomic E-state index is -3.86. The lowest BCUT2D eigenvalue weighted by Crippen LogP contribution is -2.52. The first-order chi connectivity index (χ1) is 11.7. The number of nitrogens with zero attached hydrogens (tertiary/aromatic N) is 1. The van der Waals surface area contributed by atoms with Crippen LogP contribution in [0.4, 0.5) is 0 Å². The Labute approximate surface area is 148 Å². The first-order valence-corrected chi connectivity index (χ1v) is 11.4. The van der Waals surface area contributed by atoms with E-state index in [9.17, 15) is 16.8 Å². The molecule has 2 aromatic rings. The molecule has 0 aliphatic carbocycles. The lowest BCUT2D eigenvalue weighted by atomic mass is 10.0. The van der Waals surface area contributed by atoms with Gasteiger partial charge in [0.05, 0.1) is 16.4 Å². The van der Waals surface area contributed by atoms with Gasteiger partial charge in [0.1, 0.15) is 0 Å². The van der Waals surface area contributed by atoms with Crippen LogP contribution in [-0.2, 0) is 19.9 Å². The van der Waals surface area contributed by atoms with Crippen molar-refractivity contribution < 1.29 is 16.8 Å². The summed E-state index contributed by atoms with van der Waals surface area (Å²) in [6.07, 6.45) is 0.280. The fourth-order valence-corrected chi connectivity index (χ4v) is 7.52. The maximum Gasteiger partial charge on any atom is 0.243 e. The smallest absolute Gasteiger partial charge is 0.243 e. The van der Waals surface area contributed by atoms with Crippen molar-refractivity contribution in [3.63, 3.8) is 0 Å². The standard InChI is InChI=1S/C17H22N2O4S2/c1-17(8-11-24(20,21)13-17)19(10-9-18)25(22,23)16-7-6-14-4-2-3-5-15(14)12-16/h2-7,12H,8-11,13,18H2,1H3/t17-/m1/s1. The lowest BCUT2D eigenvalue weighted by Gasteiger charge is -2.36. The summed E-state index contributed by atoms with van der Waals surface area (Å²) in [5, 5.41) is 1.77. The molecule has 25 heavy (non-hydrogen) atoms. The van der Waals surface area contributed by atoms with Gasteiger partial charge in [0.25, 0.3) is 0 Å². The highest BCUT2D eigenvalue weighted by molar-refractivity contribution is 7.92. The first kappa shape index (κ1) is 18.3. The van der Waals surface area contributed by atoms with Crippen LogP contribution in [0.25, 0.3) is 10.8 Å². The lowest BCUT2D eigenvalue weighted by molar-refractivity contribution is 0.238. The van der Waals surface area contributed by atoms with Crippen molar-refractivity contribution >= 4 is 30.6 Å². The first-order valence-electron chi connectivity index (χ1n) is 8.10. The molecule has 0 aromatic heterocycles. The van der Waals surface area contributed by atoms with E-state index in [4.69, 9.17) is 5.73 Å². The Morgan fingerprint density at radius 3 is 2.44 bits per heavy atom. The summed E-state index contributed by atoms with van der Waals surface area (Å²) in [5.41, 5.74) is 4.66. The zero-order valence-electron chi connectivity index (χ0n) is 14.1. The van der Waals surface area contributed by atoms with Gasteiger partial charge in [-0.3, -0.25) is 0 Å². The Kier molecular flexibility index (Phi) is 4.65. The van der Waals surface area contributed by atoms with Gasteiger partial charge in [-0.2, -0.15) is 4.31 Å². The number of hydrogen-bond donors (Lipinski definition) is 1. The van der Waals surface area contributed by atoms with E-state index in [2.05, 4.69) is 0 Å². The highest BCUT2D eigenvalue weighted by Gasteiger charge is 2.47. The van der Waals surface area contributed by atoms with E-state index < -0.39 is 25.4 Å². The van der Waals surface area contributed by atoms with Crippen LogP contribution in [0.1, 0.15) is 13.3 Å². The Hall–Kier alpha value is -1.48. The average molecular weight is 383 g/mol. The largest absolute Gasteiger partial charge is 0.329 e. The maximum atomic E-state index is 13.2. The third kappa shape index (κ3) is 3.44. The quantitative estimate of drug-likeness (QED) is 0.842. The molecule has 3 rings (SSSR count). The van der Waals surface area contributed by atoms with Gasteiger partial charge in [-0.1, -0.05) is 30.3 Å². The molecule has 0 saturated carbocycles. The molecular formula is C17H22N2O4S2. The number of benzene rings is 2. The van der Waals surface area contributed by atoms with Gasteiger partial charge >= 0.3 is 0 Å². The van der Waals surface area contributed by atoms with Crippen molar-refractivity contribution in [2.45, 2.75) is 23.8 Å². The Balaban J connectivity index is 2.07. The van der Waals surface area contributed by atoms with Gasteiger partial charge in [-0.05, 0) is 36.2 Å². The molecule has 8 heteroatoms. The summed E-state index contributed by atoms with van der Waals surface area (Å²) in [5.74, 6) is -0.176. The average Bonchev–Trinajstić information content (AvgIpc) is 2.86. The van der Waals surface area contributed by atoms with E-state index in [0.29, 0.717) is 0 Å². The van der Waals surface area contributed by atoms with Gasteiger partial charge < -0.3 is 5.73 Å². The van der Waals surface area contributed by atoms with Crippen LogP contribution in [0.3, 0.4) is 0 Å². The van der Waals surface area contributed by atoms with E-state index in [0.717, 1.165) is 10.8 Å². The highest BCUT2D eigenvalue weighted by atomic mass is 32.2. The topological polar surface area (TPSA) is 97.5 Å². The number of hydrogen-bond acceptors (Lipinski definition) is 5. The predicted molar refractivity (Wildman–Crippen MR) is 98.6 cm³/mol. The molecule has 136 valence electrons. The molecule has 1 aliphatic heterocycles. The summed E-state index contributed by atoms with van der Waals surface area (Å²) in [6.45, 7) is 1.90. The third-order valence-electron chi connectivity index (χ3n) is 4.73. The van der Waals surface area contributed by atoms with E-state index in [-0.39, 0.29) is 35.9 Å². The van der Waals surface area contributed by atoms with Gasteiger partial charge in [0.2, 0.25) is 10.0 Å². The Morgan fingerprint density at radius 2 is 1.84 bits per heavy atom. The number of sulfonamides is 1. The van der Waals surface area contributed by atoms with Crippen molar-refractivity contribution in [3.05, 3.63) is 42.5 Å². The fourth-order valence-electron chi connectivity index (χ4n) is 3.44. The van der Waals surface area contributed by atoms with Crippen molar-refractivity contribution in [2.24, 2.45) is 5.73 Å². The summed E-state index contributed by atoms with van der Waals surface area (Å²) in [6, 6.07) is 12.5. The van der Waals surface area contributed by atoms with Gasteiger partial charge in [-0.15, -0.1) is 0 Å². The van der Waals surface area contributed by atoms with Crippen molar-refractivity contribution in [3.8, 4) is 0 Å². The summed E-state index contributed by atoms with van der Waals surface area (Å²) < 4.78 is 51.6. The molecule has 0 radical (unpaired) electrons.